The Balaban J connectivity index is 2.41. The molecule has 0 radical (unpaired) electrons. The minimum absolute atomic E-state index is 0.0192. The van der Waals surface area contributed by atoms with E-state index in [-0.39, 0.29) is 5.54 Å². The van der Waals surface area contributed by atoms with Crippen LogP contribution in [0.1, 0.15) is 31.7 Å². The summed E-state index contributed by atoms with van der Waals surface area (Å²) in [6.45, 7) is 3.23. The zero-order valence-electron chi connectivity index (χ0n) is 8.59. The Labute approximate surface area is 85.0 Å². The predicted molar refractivity (Wildman–Crippen MR) is 57.3 cm³/mol. The van der Waals surface area contributed by atoms with Crippen LogP contribution in [0.4, 0.5) is 0 Å². The van der Waals surface area contributed by atoms with E-state index < -0.39 is 0 Å². The summed E-state index contributed by atoms with van der Waals surface area (Å²) in [5.74, 6) is 0.420. The number of benzene rings is 1. The first-order valence-corrected chi connectivity index (χ1v) is 5.32. The van der Waals surface area contributed by atoms with Crippen molar-refractivity contribution in [3.63, 3.8) is 0 Å². The van der Waals surface area contributed by atoms with E-state index in [4.69, 9.17) is 0 Å². The number of nitrogens with one attached hydrogen (secondary N) is 1. The molecule has 1 aliphatic rings. The van der Waals surface area contributed by atoms with Crippen LogP contribution in [0, 0.1) is 0 Å². The second-order valence-corrected chi connectivity index (χ2v) is 3.98. The molecular weight excluding hydrogens is 174 g/mol. The van der Waals surface area contributed by atoms with Gasteiger partial charge in [-0.05, 0) is 31.9 Å². The lowest BCUT2D eigenvalue weighted by molar-refractivity contribution is 0.353. The third-order valence-corrected chi connectivity index (χ3v) is 3.27. The number of hydrogen-bond donors (Lipinski definition) is 2. The first-order valence-electron chi connectivity index (χ1n) is 5.32. The molecule has 1 aromatic rings. The molecule has 1 atom stereocenters. The molecule has 1 fully saturated rings. The second-order valence-electron chi connectivity index (χ2n) is 3.98. The summed E-state index contributed by atoms with van der Waals surface area (Å²) in [7, 11) is 0. The summed E-state index contributed by atoms with van der Waals surface area (Å²) >= 11 is 0. The zero-order chi connectivity index (χ0) is 10.0. The zero-order valence-corrected chi connectivity index (χ0v) is 8.59. The monoisotopic (exact) mass is 191 g/mol. The molecule has 0 saturated carbocycles. The van der Waals surface area contributed by atoms with E-state index >= 15 is 0 Å². The highest BCUT2D eigenvalue weighted by atomic mass is 16.3. The third kappa shape index (κ3) is 1.40. The number of para-hydroxylation sites is 1. The van der Waals surface area contributed by atoms with Crippen molar-refractivity contribution in [3.8, 4) is 5.75 Å². The lowest BCUT2D eigenvalue weighted by Crippen LogP contribution is -2.35. The van der Waals surface area contributed by atoms with Gasteiger partial charge in [0.05, 0.1) is 0 Å². The number of aromatic hydroxyl groups is 1. The Morgan fingerprint density at radius 2 is 2.21 bits per heavy atom. The van der Waals surface area contributed by atoms with Crippen LogP contribution >= 0.6 is 0 Å². The smallest absolute Gasteiger partial charge is 0.120 e. The van der Waals surface area contributed by atoms with Gasteiger partial charge < -0.3 is 10.4 Å². The van der Waals surface area contributed by atoms with E-state index in [0.717, 1.165) is 24.9 Å². The number of phenolic OH excluding ortho intramolecular Hbond substituents is 1. The number of hydrogen-bond acceptors (Lipinski definition) is 2. The van der Waals surface area contributed by atoms with Crippen LogP contribution in [0.5, 0.6) is 5.75 Å². The topological polar surface area (TPSA) is 32.3 Å². The van der Waals surface area contributed by atoms with Gasteiger partial charge in [0.15, 0.2) is 0 Å². The van der Waals surface area contributed by atoms with Crippen LogP contribution in [-0.2, 0) is 5.54 Å². The molecule has 2 nitrogen and oxygen atoms in total. The first-order chi connectivity index (χ1) is 6.78. The van der Waals surface area contributed by atoms with Crippen LogP contribution in [0.3, 0.4) is 0 Å². The molecule has 2 heteroatoms. The third-order valence-electron chi connectivity index (χ3n) is 3.27. The van der Waals surface area contributed by atoms with Gasteiger partial charge in [-0.25, -0.2) is 0 Å². The predicted octanol–water partition coefficient (Wildman–Crippen LogP) is 2.38. The number of rotatable bonds is 2. The van der Waals surface area contributed by atoms with Gasteiger partial charge in [0.2, 0.25) is 0 Å². The van der Waals surface area contributed by atoms with E-state index in [9.17, 15) is 5.11 Å². The lowest BCUT2D eigenvalue weighted by Gasteiger charge is -2.29. The summed E-state index contributed by atoms with van der Waals surface area (Å²) in [5, 5.41) is 13.3. The Bertz CT molecular complexity index is 316. The Morgan fingerprint density at radius 1 is 1.43 bits per heavy atom. The van der Waals surface area contributed by atoms with Crippen molar-refractivity contribution < 1.29 is 5.11 Å². The fraction of sp³-hybridized carbons (Fsp3) is 0.500. The van der Waals surface area contributed by atoms with Crippen LogP contribution in [0.25, 0.3) is 0 Å². The standard InChI is InChI=1S/C12H17NO/c1-2-12(8-5-9-13-12)10-6-3-4-7-11(10)14/h3-4,6-7,13-14H,2,5,8-9H2,1H3. The van der Waals surface area contributed by atoms with E-state index in [2.05, 4.69) is 12.2 Å². The molecule has 1 unspecified atom stereocenters. The minimum Gasteiger partial charge on any atom is -0.508 e. The molecule has 1 heterocycles. The normalized spacial score (nSPS) is 26.6. The molecule has 0 aromatic heterocycles. The Morgan fingerprint density at radius 3 is 2.79 bits per heavy atom. The molecule has 0 spiro atoms. The van der Waals surface area contributed by atoms with Gasteiger partial charge in [0.25, 0.3) is 0 Å². The average molecular weight is 191 g/mol. The number of phenols is 1. The van der Waals surface area contributed by atoms with Gasteiger partial charge in [-0.3, -0.25) is 0 Å². The Kier molecular flexibility index (Phi) is 2.46. The molecule has 76 valence electrons. The highest BCUT2D eigenvalue weighted by Crippen LogP contribution is 2.38. The van der Waals surface area contributed by atoms with E-state index in [1.165, 1.54) is 6.42 Å². The Hall–Kier alpha value is -1.02. The highest BCUT2D eigenvalue weighted by Gasteiger charge is 2.34. The maximum atomic E-state index is 9.83. The van der Waals surface area contributed by atoms with Crippen molar-refractivity contribution in [1.29, 1.82) is 0 Å². The maximum absolute atomic E-state index is 9.83. The molecule has 0 amide bonds. The van der Waals surface area contributed by atoms with Crippen molar-refractivity contribution in [2.75, 3.05) is 6.54 Å². The molecular formula is C12H17NO. The van der Waals surface area contributed by atoms with Gasteiger partial charge in [-0.15, -0.1) is 0 Å². The maximum Gasteiger partial charge on any atom is 0.120 e. The van der Waals surface area contributed by atoms with Crippen LogP contribution in [0.2, 0.25) is 0 Å². The van der Waals surface area contributed by atoms with Gasteiger partial charge in [-0.2, -0.15) is 0 Å². The molecule has 14 heavy (non-hydrogen) atoms. The first kappa shape index (κ1) is 9.53. The summed E-state index contributed by atoms with van der Waals surface area (Å²) in [5.41, 5.74) is 1.07. The summed E-state index contributed by atoms with van der Waals surface area (Å²) in [4.78, 5) is 0. The van der Waals surface area contributed by atoms with Gasteiger partial charge in [-0.1, -0.05) is 25.1 Å². The highest BCUT2D eigenvalue weighted by molar-refractivity contribution is 5.38. The summed E-state index contributed by atoms with van der Waals surface area (Å²) in [6, 6.07) is 7.66. The average Bonchev–Trinajstić information content (AvgIpc) is 2.68. The van der Waals surface area contributed by atoms with Crippen LogP contribution < -0.4 is 5.32 Å². The van der Waals surface area contributed by atoms with Gasteiger partial charge in [0.1, 0.15) is 5.75 Å². The minimum atomic E-state index is 0.0192. The van der Waals surface area contributed by atoms with E-state index in [0.29, 0.717) is 5.75 Å². The molecule has 1 saturated heterocycles. The largest absolute Gasteiger partial charge is 0.508 e. The lowest BCUT2D eigenvalue weighted by atomic mass is 9.85. The molecule has 2 rings (SSSR count). The van der Waals surface area contributed by atoms with Gasteiger partial charge in [0, 0.05) is 11.1 Å². The SMILES string of the molecule is CCC1(c2ccccc2O)CCCN1. The van der Waals surface area contributed by atoms with E-state index in [1.807, 2.05) is 18.2 Å². The van der Waals surface area contributed by atoms with Crippen LogP contribution in [0.15, 0.2) is 24.3 Å². The van der Waals surface area contributed by atoms with Crippen molar-refractivity contribution in [2.45, 2.75) is 31.7 Å². The fourth-order valence-electron chi connectivity index (χ4n) is 2.41. The van der Waals surface area contributed by atoms with Gasteiger partial charge >= 0.3 is 0 Å². The van der Waals surface area contributed by atoms with E-state index in [1.54, 1.807) is 6.07 Å². The molecule has 0 aliphatic carbocycles. The van der Waals surface area contributed by atoms with Crippen molar-refractivity contribution >= 4 is 0 Å². The molecule has 1 aromatic carbocycles. The molecule has 0 bridgehead atoms. The quantitative estimate of drug-likeness (QED) is 0.752. The second kappa shape index (κ2) is 3.62. The summed E-state index contributed by atoms with van der Waals surface area (Å²) in [6.07, 6.45) is 3.35. The summed E-state index contributed by atoms with van der Waals surface area (Å²) < 4.78 is 0. The van der Waals surface area contributed by atoms with Crippen LogP contribution in [-0.4, -0.2) is 11.7 Å². The molecule has 2 N–H and O–H groups in total. The molecule has 1 aliphatic heterocycles. The van der Waals surface area contributed by atoms with Crippen molar-refractivity contribution in [1.82, 2.24) is 5.32 Å². The van der Waals surface area contributed by atoms with Crippen molar-refractivity contribution in [3.05, 3.63) is 29.8 Å². The fourth-order valence-corrected chi connectivity index (χ4v) is 2.41. The van der Waals surface area contributed by atoms with Crippen molar-refractivity contribution in [2.24, 2.45) is 0 Å².